The van der Waals surface area contributed by atoms with Crippen LogP contribution < -0.4 is 5.73 Å². The van der Waals surface area contributed by atoms with E-state index < -0.39 is 46.6 Å². The molecule has 0 radical (unpaired) electrons. The first kappa shape index (κ1) is 16.7. The van der Waals surface area contributed by atoms with Crippen molar-refractivity contribution in [2.24, 2.45) is 0 Å². The first-order valence-electron chi connectivity index (χ1n) is 5.30. The summed E-state index contributed by atoms with van der Waals surface area (Å²) in [6.45, 7) is -3.45. The van der Waals surface area contributed by atoms with Crippen LogP contribution >= 0.6 is 0 Å². The van der Waals surface area contributed by atoms with Crippen LogP contribution in [0.4, 0.5) is 23.2 Å². The number of aliphatic hydroxyl groups is 1. The second-order valence-electron chi connectivity index (χ2n) is 3.87. The lowest BCUT2D eigenvalue weighted by molar-refractivity contribution is -0.136. The molecule has 0 bridgehead atoms. The van der Waals surface area contributed by atoms with Crippen molar-refractivity contribution in [3.63, 3.8) is 0 Å². The second kappa shape index (κ2) is 5.94. The number of nitrogen functional groups attached to an aromatic ring is 1. The molecule has 5 nitrogen and oxygen atoms in total. The third-order valence-electron chi connectivity index (χ3n) is 2.28. The molecular weight excluding hydrogens is 304 g/mol. The lowest BCUT2D eigenvalue weighted by atomic mass is 10.3. The Kier molecular flexibility index (Phi) is 4.95. The second-order valence-corrected chi connectivity index (χ2v) is 5.77. The number of nitrogens with zero attached hydrogens (tertiary/aromatic N) is 1. The van der Waals surface area contributed by atoms with Gasteiger partial charge in [0.15, 0.2) is 0 Å². The summed E-state index contributed by atoms with van der Waals surface area (Å²) in [6, 6.07) is 2.53. The molecule has 0 saturated heterocycles. The van der Waals surface area contributed by atoms with Gasteiger partial charge in [-0.15, -0.1) is 0 Å². The average Bonchev–Trinajstić information content (AvgIpc) is 2.26. The monoisotopic (exact) mass is 316 g/mol. The normalized spacial score (nSPS) is 12.9. The lowest BCUT2D eigenvalue weighted by Gasteiger charge is -2.22. The standard InChI is InChI=1S/C10H12F4N2O3S/c11-8-5-7(15)1-2-9(8)20(18,19)16(3-4-17)6-10(12,13)14/h1-2,5,17H,3-4,6,15H2. The van der Waals surface area contributed by atoms with Crippen LogP contribution in [-0.4, -0.2) is 43.7 Å². The van der Waals surface area contributed by atoms with Crippen molar-refractivity contribution < 1.29 is 31.1 Å². The first-order valence-corrected chi connectivity index (χ1v) is 6.74. The minimum absolute atomic E-state index is 0.0401. The summed E-state index contributed by atoms with van der Waals surface area (Å²) in [6.07, 6.45) is -4.81. The predicted molar refractivity (Wildman–Crippen MR) is 62.7 cm³/mol. The molecule has 1 aromatic rings. The summed E-state index contributed by atoms with van der Waals surface area (Å²) >= 11 is 0. The van der Waals surface area contributed by atoms with Crippen LogP contribution in [0.5, 0.6) is 0 Å². The van der Waals surface area contributed by atoms with Gasteiger partial charge in [-0.05, 0) is 18.2 Å². The summed E-state index contributed by atoms with van der Waals surface area (Å²) in [5.41, 5.74) is 5.17. The molecule has 0 saturated carbocycles. The van der Waals surface area contributed by atoms with E-state index in [4.69, 9.17) is 10.8 Å². The van der Waals surface area contributed by atoms with E-state index in [0.717, 1.165) is 12.1 Å². The SMILES string of the molecule is Nc1ccc(S(=O)(=O)N(CCO)CC(F)(F)F)c(F)c1. The van der Waals surface area contributed by atoms with Crippen molar-refractivity contribution in [2.75, 3.05) is 25.4 Å². The maximum absolute atomic E-state index is 13.6. The minimum atomic E-state index is -4.81. The molecule has 114 valence electrons. The molecule has 0 heterocycles. The van der Waals surface area contributed by atoms with E-state index in [-0.39, 0.29) is 9.99 Å². The average molecular weight is 316 g/mol. The Balaban J connectivity index is 3.22. The highest BCUT2D eigenvalue weighted by molar-refractivity contribution is 7.89. The van der Waals surface area contributed by atoms with E-state index in [1.54, 1.807) is 0 Å². The van der Waals surface area contributed by atoms with Crippen LogP contribution in [0, 0.1) is 5.82 Å². The number of rotatable bonds is 5. The molecule has 10 heteroatoms. The number of nitrogens with two attached hydrogens (primary N) is 1. The van der Waals surface area contributed by atoms with Gasteiger partial charge in [-0.1, -0.05) is 0 Å². The molecule has 0 spiro atoms. The van der Waals surface area contributed by atoms with Crippen LogP contribution in [0.3, 0.4) is 0 Å². The van der Waals surface area contributed by atoms with Gasteiger partial charge in [0.25, 0.3) is 0 Å². The van der Waals surface area contributed by atoms with Gasteiger partial charge < -0.3 is 10.8 Å². The molecule has 0 aliphatic heterocycles. The number of alkyl halides is 3. The predicted octanol–water partition coefficient (Wildman–Crippen LogP) is 0.953. The van der Waals surface area contributed by atoms with Crippen LogP contribution in [0.2, 0.25) is 0 Å². The number of benzene rings is 1. The fraction of sp³-hybridized carbons (Fsp3) is 0.400. The molecule has 3 N–H and O–H groups in total. The van der Waals surface area contributed by atoms with E-state index in [1.165, 1.54) is 0 Å². The zero-order valence-electron chi connectivity index (χ0n) is 10.1. The lowest BCUT2D eigenvalue weighted by Crippen LogP contribution is -2.40. The van der Waals surface area contributed by atoms with Crippen molar-refractivity contribution in [1.29, 1.82) is 0 Å². The third-order valence-corrected chi connectivity index (χ3v) is 4.16. The van der Waals surface area contributed by atoms with Gasteiger partial charge in [0, 0.05) is 12.2 Å². The smallest absolute Gasteiger partial charge is 0.399 e. The fourth-order valence-electron chi connectivity index (χ4n) is 1.46. The Hall–Kier alpha value is -1.39. The summed E-state index contributed by atoms with van der Waals surface area (Å²) in [5, 5.41) is 8.67. The number of aliphatic hydroxyl groups excluding tert-OH is 1. The van der Waals surface area contributed by atoms with E-state index in [9.17, 15) is 26.0 Å². The van der Waals surface area contributed by atoms with Crippen LogP contribution in [0.1, 0.15) is 0 Å². The van der Waals surface area contributed by atoms with Crippen LogP contribution in [0.25, 0.3) is 0 Å². The van der Waals surface area contributed by atoms with Gasteiger partial charge >= 0.3 is 6.18 Å². The molecule has 0 aliphatic rings. The maximum Gasteiger partial charge on any atom is 0.402 e. The van der Waals surface area contributed by atoms with Gasteiger partial charge in [0.1, 0.15) is 17.3 Å². The van der Waals surface area contributed by atoms with Crippen molar-refractivity contribution in [3.8, 4) is 0 Å². The number of hydrogen-bond acceptors (Lipinski definition) is 4. The minimum Gasteiger partial charge on any atom is -0.399 e. The zero-order chi connectivity index (χ0) is 15.6. The van der Waals surface area contributed by atoms with E-state index in [2.05, 4.69) is 0 Å². The summed E-state index contributed by atoms with van der Waals surface area (Å²) in [7, 11) is -4.72. The number of hydrogen-bond donors (Lipinski definition) is 2. The summed E-state index contributed by atoms with van der Waals surface area (Å²) < 4.78 is 74.5. The topological polar surface area (TPSA) is 83.6 Å². The highest BCUT2D eigenvalue weighted by Crippen LogP contribution is 2.25. The Morgan fingerprint density at radius 2 is 1.90 bits per heavy atom. The molecule has 20 heavy (non-hydrogen) atoms. The van der Waals surface area contributed by atoms with Crippen molar-refractivity contribution in [1.82, 2.24) is 4.31 Å². The Morgan fingerprint density at radius 1 is 1.30 bits per heavy atom. The van der Waals surface area contributed by atoms with E-state index >= 15 is 0 Å². The molecule has 0 aliphatic carbocycles. The maximum atomic E-state index is 13.6. The van der Waals surface area contributed by atoms with Gasteiger partial charge in [-0.3, -0.25) is 0 Å². The van der Waals surface area contributed by atoms with Crippen molar-refractivity contribution in [3.05, 3.63) is 24.0 Å². The van der Waals surface area contributed by atoms with Gasteiger partial charge in [0.05, 0.1) is 6.61 Å². The highest BCUT2D eigenvalue weighted by atomic mass is 32.2. The molecule has 0 unspecified atom stereocenters. The number of anilines is 1. The number of sulfonamides is 1. The van der Waals surface area contributed by atoms with Crippen LogP contribution in [0.15, 0.2) is 23.1 Å². The molecule has 0 aromatic heterocycles. The van der Waals surface area contributed by atoms with E-state index in [1.807, 2.05) is 0 Å². The van der Waals surface area contributed by atoms with Gasteiger partial charge in [-0.2, -0.15) is 17.5 Å². The Morgan fingerprint density at radius 3 is 2.35 bits per heavy atom. The molecule has 1 rings (SSSR count). The van der Waals surface area contributed by atoms with E-state index in [0.29, 0.717) is 6.07 Å². The van der Waals surface area contributed by atoms with Gasteiger partial charge in [0.2, 0.25) is 10.0 Å². The van der Waals surface area contributed by atoms with Crippen molar-refractivity contribution >= 4 is 15.7 Å². The highest BCUT2D eigenvalue weighted by Gasteiger charge is 2.37. The Bertz CT molecular complexity index is 574. The van der Waals surface area contributed by atoms with Gasteiger partial charge in [-0.25, -0.2) is 12.8 Å². The quantitative estimate of drug-likeness (QED) is 0.626. The van der Waals surface area contributed by atoms with Crippen molar-refractivity contribution in [2.45, 2.75) is 11.1 Å². The Labute approximate surface area is 112 Å². The summed E-state index contributed by atoms with van der Waals surface area (Å²) in [4.78, 5) is -0.926. The molecule has 1 aromatic carbocycles. The largest absolute Gasteiger partial charge is 0.402 e. The first-order chi connectivity index (χ1) is 9.08. The summed E-state index contributed by atoms with van der Waals surface area (Å²) in [5.74, 6) is -1.25. The molecule has 0 fully saturated rings. The van der Waals surface area contributed by atoms with Crippen LogP contribution in [-0.2, 0) is 10.0 Å². The zero-order valence-corrected chi connectivity index (χ0v) is 10.9. The molecule has 0 amide bonds. The fourth-order valence-corrected chi connectivity index (χ4v) is 2.92. The number of halogens is 4. The molecule has 0 atom stereocenters. The molecular formula is C10H12F4N2O3S. The third kappa shape index (κ3) is 4.05.